The van der Waals surface area contributed by atoms with Gasteiger partial charge in [0.05, 0.1) is 0 Å². The molecule has 2 aliphatic rings. The van der Waals surface area contributed by atoms with Gasteiger partial charge in [-0.25, -0.2) is 0 Å². The molecule has 20 heavy (non-hydrogen) atoms. The molecule has 0 amide bonds. The molecule has 0 saturated heterocycles. The van der Waals surface area contributed by atoms with Crippen molar-refractivity contribution in [2.75, 3.05) is 7.05 Å². The van der Waals surface area contributed by atoms with Crippen molar-refractivity contribution in [1.82, 2.24) is 5.32 Å². The standard InChI is InChI=1S/C18H27NS/c1-3-13-8-4-6-10-15(13)18(19-2)17-12-14-9-5-7-11-16(14)20-17/h5,7,9,11,13,15,17-19H,3-4,6,8,10,12H2,1-2H3. The van der Waals surface area contributed by atoms with Gasteiger partial charge in [0.25, 0.3) is 0 Å². The molecule has 1 aliphatic heterocycles. The molecule has 1 aliphatic carbocycles. The predicted octanol–water partition coefficient (Wildman–Crippen LogP) is 4.51. The monoisotopic (exact) mass is 289 g/mol. The Morgan fingerprint density at radius 2 is 2.05 bits per heavy atom. The van der Waals surface area contributed by atoms with E-state index in [1.807, 2.05) is 0 Å². The highest BCUT2D eigenvalue weighted by atomic mass is 32.2. The number of thioether (sulfide) groups is 1. The Morgan fingerprint density at radius 1 is 1.25 bits per heavy atom. The van der Waals surface area contributed by atoms with Gasteiger partial charge in [0, 0.05) is 16.2 Å². The zero-order chi connectivity index (χ0) is 13.9. The van der Waals surface area contributed by atoms with E-state index in [0.717, 1.165) is 17.1 Å². The van der Waals surface area contributed by atoms with E-state index < -0.39 is 0 Å². The summed E-state index contributed by atoms with van der Waals surface area (Å²) in [5.74, 6) is 1.82. The minimum absolute atomic E-state index is 0.678. The number of hydrogen-bond donors (Lipinski definition) is 1. The maximum atomic E-state index is 3.69. The molecule has 1 heterocycles. The van der Waals surface area contributed by atoms with Crippen molar-refractivity contribution < 1.29 is 0 Å². The summed E-state index contributed by atoms with van der Waals surface area (Å²) in [5, 5.41) is 4.42. The lowest BCUT2D eigenvalue weighted by molar-refractivity contribution is 0.177. The average molecular weight is 289 g/mol. The van der Waals surface area contributed by atoms with Crippen LogP contribution in [0, 0.1) is 11.8 Å². The van der Waals surface area contributed by atoms with Gasteiger partial charge in [-0.2, -0.15) is 0 Å². The zero-order valence-electron chi connectivity index (χ0n) is 12.8. The van der Waals surface area contributed by atoms with Gasteiger partial charge >= 0.3 is 0 Å². The Balaban J connectivity index is 1.74. The van der Waals surface area contributed by atoms with Crippen molar-refractivity contribution in [2.45, 2.75) is 61.6 Å². The van der Waals surface area contributed by atoms with Gasteiger partial charge in [-0.05, 0) is 43.4 Å². The summed E-state index contributed by atoms with van der Waals surface area (Å²) in [6.45, 7) is 2.38. The van der Waals surface area contributed by atoms with E-state index >= 15 is 0 Å². The molecule has 4 atom stereocenters. The third-order valence-electron chi connectivity index (χ3n) is 5.36. The van der Waals surface area contributed by atoms with Gasteiger partial charge in [-0.1, -0.05) is 50.8 Å². The number of benzene rings is 1. The molecule has 1 nitrogen and oxygen atoms in total. The summed E-state index contributed by atoms with van der Waals surface area (Å²) in [6.07, 6.45) is 8.36. The van der Waals surface area contributed by atoms with Crippen LogP contribution in [0.1, 0.15) is 44.6 Å². The van der Waals surface area contributed by atoms with Crippen LogP contribution in [0.15, 0.2) is 29.2 Å². The number of nitrogens with one attached hydrogen (secondary N) is 1. The third-order valence-corrected chi connectivity index (χ3v) is 6.77. The zero-order valence-corrected chi connectivity index (χ0v) is 13.6. The maximum Gasteiger partial charge on any atom is 0.0291 e. The summed E-state index contributed by atoms with van der Waals surface area (Å²) < 4.78 is 0. The van der Waals surface area contributed by atoms with E-state index in [-0.39, 0.29) is 0 Å². The van der Waals surface area contributed by atoms with Crippen molar-refractivity contribution in [2.24, 2.45) is 11.8 Å². The van der Waals surface area contributed by atoms with Crippen LogP contribution in [0.2, 0.25) is 0 Å². The Bertz CT molecular complexity index is 420. The summed E-state index contributed by atoms with van der Waals surface area (Å²) >= 11 is 2.11. The van der Waals surface area contributed by atoms with Crippen LogP contribution in [-0.2, 0) is 6.42 Å². The molecule has 0 radical (unpaired) electrons. The van der Waals surface area contributed by atoms with E-state index in [0.29, 0.717) is 6.04 Å². The molecule has 1 aromatic carbocycles. The van der Waals surface area contributed by atoms with E-state index in [1.54, 1.807) is 5.56 Å². The van der Waals surface area contributed by atoms with Gasteiger partial charge < -0.3 is 5.32 Å². The lowest BCUT2D eigenvalue weighted by Gasteiger charge is -2.39. The van der Waals surface area contributed by atoms with Crippen molar-refractivity contribution in [1.29, 1.82) is 0 Å². The fraction of sp³-hybridized carbons (Fsp3) is 0.667. The van der Waals surface area contributed by atoms with Gasteiger partial charge in [0.2, 0.25) is 0 Å². The van der Waals surface area contributed by atoms with Crippen LogP contribution in [0.25, 0.3) is 0 Å². The molecule has 0 spiro atoms. The van der Waals surface area contributed by atoms with E-state index in [9.17, 15) is 0 Å². The molecule has 0 aromatic heterocycles. The van der Waals surface area contributed by atoms with Crippen LogP contribution in [0.4, 0.5) is 0 Å². The summed E-state index contributed by atoms with van der Waals surface area (Å²) in [6, 6.07) is 9.65. The van der Waals surface area contributed by atoms with Crippen molar-refractivity contribution in [3.63, 3.8) is 0 Å². The highest BCUT2D eigenvalue weighted by molar-refractivity contribution is 8.00. The molecule has 1 N–H and O–H groups in total. The lowest BCUT2D eigenvalue weighted by atomic mass is 9.73. The molecule has 4 unspecified atom stereocenters. The Kier molecular flexibility index (Phi) is 4.72. The highest BCUT2D eigenvalue weighted by Gasteiger charge is 2.37. The second kappa shape index (κ2) is 6.53. The number of hydrogen-bond acceptors (Lipinski definition) is 2. The molecule has 1 fully saturated rings. The Labute approximate surface area is 127 Å². The summed E-state index contributed by atoms with van der Waals surface area (Å²) in [5.41, 5.74) is 1.56. The first-order valence-electron chi connectivity index (χ1n) is 8.25. The topological polar surface area (TPSA) is 12.0 Å². The molecular formula is C18H27NS. The molecule has 2 heteroatoms. The van der Waals surface area contributed by atoms with Gasteiger partial charge in [-0.3, -0.25) is 0 Å². The van der Waals surface area contributed by atoms with Crippen LogP contribution in [0.3, 0.4) is 0 Å². The molecule has 110 valence electrons. The van der Waals surface area contributed by atoms with Gasteiger partial charge in [-0.15, -0.1) is 11.8 Å². The smallest absolute Gasteiger partial charge is 0.0291 e. The number of fused-ring (bicyclic) bond motifs is 1. The fourth-order valence-electron chi connectivity index (χ4n) is 4.30. The van der Waals surface area contributed by atoms with Crippen molar-refractivity contribution in [3.05, 3.63) is 29.8 Å². The van der Waals surface area contributed by atoms with E-state index in [2.05, 4.69) is 55.3 Å². The lowest BCUT2D eigenvalue weighted by Crippen LogP contribution is -2.46. The highest BCUT2D eigenvalue weighted by Crippen LogP contribution is 2.43. The predicted molar refractivity (Wildman–Crippen MR) is 88.4 cm³/mol. The second-order valence-electron chi connectivity index (χ2n) is 6.40. The Hall–Kier alpha value is -0.470. The van der Waals surface area contributed by atoms with Gasteiger partial charge in [0.1, 0.15) is 0 Å². The largest absolute Gasteiger partial charge is 0.316 e. The summed E-state index contributed by atoms with van der Waals surface area (Å²) in [7, 11) is 2.18. The average Bonchev–Trinajstić information content (AvgIpc) is 2.92. The van der Waals surface area contributed by atoms with Gasteiger partial charge in [0.15, 0.2) is 0 Å². The fourth-order valence-corrected chi connectivity index (χ4v) is 5.83. The quantitative estimate of drug-likeness (QED) is 0.875. The number of rotatable bonds is 4. The Morgan fingerprint density at radius 3 is 2.80 bits per heavy atom. The minimum Gasteiger partial charge on any atom is -0.316 e. The summed E-state index contributed by atoms with van der Waals surface area (Å²) in [4.78, 5) is 1.52. The molecule has 1 saturated carbocycles. The first-order valence-corrected chi connectivity index (χ1v) is 9.13. The van der Waals surface area contributed by atoms with Crippen LogP contribution < -0.4 is 5.32 Å². The van der Waals surface area contributed by atoms with Crippen LogP contribution >= 0.6 is 11.8 Å². The third kappa shape index (κ3) is 2.78. The normalized spacial score (nSPS) is 31.0. The van der Waals surface area contributed by atoms with E-state index in [1.165, 1.54) is 43.4 Å². The first kappa shape index (κ1) is 14.5. The SMILES string of the molecule is CCC1CCCCC1C(NC)C1Cc2ccccc2S1. The second-order valence-corrected chi connectivity index (χ2v) is 7.68. The first-order chi connectivity index (χ1) is 9.83. The molecule has 3 rings (SSSR count). The van der Waals surface area contributed by atoms with Crippen molar-refractivity contribution in [3.8, 4) is 0 Å². The van der Waals surface area contributed by atoms with Crippen LogP contribution in [-0.4, -0.2) is 18.3 Å². The minimum atomic E-state index is 0.678. The van der Waals surface area contributed by atoms with Crippen LogP contribution in [0.5, 0.6) is 0 Å². The van der Waals surface area contributed by atoms with E-state index in [4.69, 9.17) is 0 Å². The molecule has 1 aromatic rings. The van der Waals surface area contributed by atoms with Crippen molar-refractivity contribution >= 4 is 11.8 Å². The maximum absolute atomic E-state index is 3.69. The molecular weight excluding hydrogens is 262 g/mol. The molecule has 0 bridgehead atoms.